The molecule has 1 unspecified atom stereocenters. The molecule has 0 saturated heterocycles. The van der Waals surface area contributed by atoms with E-state index in [0.29, 0.717) is 6.54 Å². The van der Waals surface area contributed by atoms with Crippen LogP contribution in [0.2, 0.25) is 0 Å². The number of ether oxygens (including phenoxy) is 1. The van der Waals surface area contributed by atoms with Gasteiger partial charge in [-0.25, -0.2) is 4.79 Å². The Balaban J connectivity index is 1.72. The first-order chi connectivity index (χ1) is 12.0. The molecule has 25 heavy (non-hydrogen) atoms. The van der Waals surface area contributed by atoms with Crippen LogP contribution in [0.1, 0.15) is 24.5 Å². The maximum Gasteiger partial charge on any atom is 0.407 e. The molecule has 132 valence electrons. The van der Waals surface area contributed by atoms with Gasteiger partial charge in [-0.05, 0) is 18.1 Å². The number of hydrogen-bond acceptors (Lipinski definition) is 3. The standard InChI is InChI=1S/C20H24N2O3/c1-16(21-20(24)25-15-18-11-7-4-8-12-18)13-19(23)22(2)14-17-9-5-3-6-10-17/h3-12,16H,13-15H2,1-2H3,(H,21,24). The van der Waals surface area contributed by atoms with Gasteiger partial charge in [-0.15, -0.1) is 0 Å². The summed E-state index contributed by atoms with van der Waals surface area (Å²) in [5.74, 6) is -0.0280. The van der Waals surface area contributed by atoms with E-state index in [-0.39, 0.29) is 25.0 Å². The Morgan fingerprint density at radius 1 is 1.00 bits per heavy atom. The number of benzene rings is 2. The summed E-state index contributed by atoms with van der Waals surface area (Å²) < 4.78 is 5.16. The first-order valence-electron chi connectivity index (χ1n) is 8.29. The SMILES string of the molecule is CC(CC(=O)N(C)Cc1ccccc1)NC(=O)OCc1ccccc1. The third-order valence-corrected chi connectivity index (χ3v) is 3.75. The number of nitrogens with one attached hydrogen (secondary N) is 1. The summed E-state index contributed by atoms with van der Waals surface area (Å²) in [5.41, 5.74) is 1.99. The minimum atomic E-state index is -0.519. The molecule has 0 saturated carbocycles. The minimum Gasteiger partial charge on any atom is -0.445 e. The number of carbonyl (C=O) groups is 2. The zero-order valence-corrected chi connectivity index (χ0v) is 14.6. The van der Waals surface area contributed by atoms with Crippen molar-refractivity contribution in [1.29, 1.82) is 0 Å². The van der Waals surface area contributed by atoms with Gasteiger partial charge in [0.25, 0.3) is 0 Å². The average molecular weight is 340 g/mol. The van der Waals surface area contributed by atoms with Gasteiger partial charge in [0.05, 0.1) is 0 Å². The second-order valence-electron chi connectivity index (χ2n) is 6.05. The molecular weight excluding hydrogens is 316 g/mol. The monoisotopic (exact) mass is 340 g/mol. The van der Waals surface area contributed by atoms with E-state index in [4.69, 9.17) is 4.74 Å². The predicted octanol–water partition coefficient (Wildman–Crippen LogP) is 3.35. The van der Waals surface area contributed by atoms with E-state index in [1.807, 2.05) is 60.7 Å². The highest BCUT2D eigenvalue weighted by Crippen LogP contribution is 2.06. The molecule has 0 radical (unpaired) electrons. The van der Waals surface area contributed by atoms with Crippen molar-refractivity contribution in [3.8, 4) is 0 Å². The maximum absolute atomic E-state index is 12.3. The smallest absolute Gasteiger partial charge is 0.407 e. The zero-order chi connectivity index (χ0) is 18.1. The van der Waals surface area contributed by atoms with Gasteiger partial charge < -0.3 is 15.0 Å². The van der Waals surface area contributed by atoms with Crippen LogP contribution in [-0.2, 0) is 22.7 Å². The molecule has 0 bridgehead atoms. The van der Waals surface area contributed by atoms with E-state index >= 15 is 0 Å². The van der Waals surface area contributed by atoms with Crippen LogP contribution in [0.3, 0.4) is 0 Å². The first kappa shape index (κ1) is 18.5. The molecule has 1 N–H and O–H groups in total. The van der Waals surface area contributed by atoms with Crippen molar-refractivity contribution >= 4 is 12.0 Å². The summed E-state index contributed by atoms with van der Waals surface area (Å²) in [4.78, 5) is 25.7. The first-order valence-corrected chi connectivity index (χ1v) is 8.29. The van der Waals surface area contributed by atoms with Gasteiger partial charge in [0, 0.05) is 26.1 Å². The molecule has 0 aliphatic rings. The van der Waals surface area contributed by atoms with Crippen molar-refractivity contribution in [3.63, 3.8) is 0 Å². The van der Waals surface area contributed by atoms with Gasteiger partial charge in [0.15, 0.2) is 0 Å². The molecule has 0 heterocycles. The van der Waals surface area contributed by atoms with Gasteiger partial charge in [-0.1, -0.05) is 60.7 Å². The van der Waals surface area contributed by atoms with Crippen LogP contribution in [0.15, 0.2) is 60.7 Å². The molecule has 0 aromatic heterocycles. The van der Waals surface area contributed by atoms with Crippen molar-refractivity contribution < 1.29 is 14.3 Å². The van der Waals surface area contributed by atoms with Crippen LogP contribution in [0, 0.1) is 0 Å². The third-order valence-electron chi connectivity index (χ3n) is 3.75. The lowest BCUT2D eigenvalue weighted by Crippen LogP contribution is -2.38. The fraction of sp³-hybridized carbons (Fsp3) is 0.300. The van der Waals surface area contributed by atoms with Crippen LogP contribution in [0.5, 0.6) is 0 Å². The Kier molecular flexibility index (Phi) is 7.01. The van der Waals surface area contributed by atoms with Crippen LogP contribution in [0.25, 0.3) is 0 Å². The highest BCUT2D eigenvalue weighted by Gasteiger charge is 2.16. The molecule has 0 aliphatic carbocycles. The number of nitrogens with zero attached hydrogens (tertiary/aromatic N) is 1. The number of hydrogen-bond donors (Lipinski definition) is 1. The van der Waals surface area contributed by atoms with Gasteiger partial charge in [0.2, 0.25) is 5.91 Å². The summed E-state index contributed by atoms with van der Waals surface area (Å²) in [7, 11) is 1.76. The van der Waals surface area contributed by atoms with Crippen LogP contribution < -0.4 is 5.32 Å². The van der Waals surface area contributed by atoms with Crippen molar-refractivity contribution in [1.82, 2.24) is 10.2 Å². The summed E-state index contributed by atoms with van der Waals surface area (Å²) in [6.07, 6.45) is -0.293. The molecule has 1 atom stereocenters. The molecule has 2 aromatic carbocycles. The average Bonchev–Trinajstić information content (AvgIpc) is 2.61. The Morgan fingerprint density at radius 3 is 2.16 bits per heavy atom. The van der Waals surface area contributed by atoms with Crippen molar-refractivity contribution in [3.05, 3.63) is 71.8 Å². The highest BCUT2D eigenvalue weighted by atomic mass is 16.5. The largest absolute Gasteiger partial charge is 0.445 e. The summed E-state index contributed by atoms with van der Waals surface area (Å²) >= 11 is 0. The summed E-state index contributed by atoms with van der Waals surface area (Å²) in [6.45, 7) is 2.55. The quantitative estimate of drug-likeness (QED) is 0.841. The lowest BCUT2D eigenvalue weighted by molar-refractivity contribution is -0.130. The number of carbonyl (C=O) groups excluding carboxylic acids is 2. The van der Waals surface area contributed by atoms with Crippen molar-refractivity contribution in [2.75, 3.05) is 7.05 Å². The Morgan fingerprint density at radius 2 is 1.56 bits per heavy atom. The number of rotatable bonds is 7. The molecule has 2 aromatic rings. The Hall–Kier alpha value is -2.82. The Labute approximate surface area is 148 Å². The molecule has 2 amide bonds. The van der Waals surface area contributed by atoms with Gasteiger partial charge in [-0.2, -0.15) is 0 Å². The minimum absolute atomic E-state index is 0.0280. The second kappa shape index (κ2) is 9.47. The third kappa shape index (κ3) is 6.67. The summed E-state index contributed by atoms with van der Waals surface area (Å²) in [5, 5.41) is 2.69. The molecule has 5 heteroatoms. The number of amides is 2. The van der Waals surface area contributed by atoms with E-state index in [1.165, 1.54) is 0 Å². The molecule has 5 nitrogen and oxygen atoms in total. The maximum atomic E-state index is 12.3. The molecule has 0 fully saturated rings. The van der Waals surface area contributed by atoms with E-state index in [1.54, 1.807) is 18.9 Å². The van der Waals surface area contributed by atoms with Gasteiger partial charge in [-0.3, -0.25) is 4.79 Å². The predicted molar refractivity (Wildman–Crippen MR) is 96.8 cm³/mol. The van der Waals surface area contributed by atoms with Crippen molar-refractivity contribution in [2.45, 2.75) is 32.5 Å². The number of alkyl carbamates (subject to hydrolysis) is 1. The second-order valence-corrected chi connectivity index (χ2v) is 6.05. The van der Waals surface area contributed by atoms with Crippen molar-refractivity contribution in [2.24, 2.45) is 0 Å². The van der Waals surface area contributed by atoms with E-state index in [0.717, 1.165) is 11.1 Å². The van der Waals surface area contributed by atoms with Crippen LogP contribution >= 0.6 is 0 Å². The molecule has 0 aliphatic heterocycles. The van der Waals surface area contributed by atoms with E-state index in [2.05, 4.69) is 5.32 Å². The normalized spacial score (nSPS) is 11.4. The van der Waals surface area contributed by atoms with E-state index < -0.39 is 6.09 Å². The van der Waals surface area contributed by atoms with Gasteiger partial charge in [0.1, 0.15) is 6.61 Å². The van der Waals surface area contributed by atoms with E-state index in [9.17, 15) is 9.59 Å². The molecular formula is C20H24N2O3. The summed E-state index contributed by atoms with van der Waals surface area (Å²) in [6, 6.07) is 19.0. The molecule has 2 rings (SSSR count). The van der Waals surface area contributed by atoms with Crippen LogP contribution in [0.4, 0.5) is 4.79 Å². The fourth-order valence-electron chi connectivity index (χ4n) is 2.38. The van der Waals surface area contributed by atoms with Gasteiger partial charge >= 0.3 is 6.09 Å². The lowest BCUT2D eigenvalue weighted by atomic mass is 10.2. The Bertz CT molecular complexity index is 674. The van der Waals surface area contributed by atoms with Crippen LogP contribution in [-0.4, -0.2) is 30.0 Å². The zero-order valence-electron chi connectivity index (χ0n) is 14.6. The lowest BCUT2D eigenvalue weighted by Gasteiger charge is -2.20. The topological polar surface area (TPSA) is 58.6 Å². The highest BCUT2D eigenvalue weighted by molar-refractivity contribution is 5.77. The molecule has 0 spiro atoms. The fourth-order valence-corrected chi connectivity index (χ4v) is 2.38.